The number of ketones is 1. The van der Waals surface area contributed by atoms with E-state index >= 15 is 0 Å². The van der Waals surface area contributed by atoms with E-state index in [-0.39, 0.29) is 0 Å². The van der Waals surface area contributed by atoms with Gasteiger partial charge in [0, 0.05) is 36.6 Å². The minimum absolute atomic E-state index is 0.384. The molecule has 0 unspecified atom stereocenters. The van der Waals surface area contributed by atoms with Crippen LogP contribution in [0.15, 0.2) is 17.1 Å². The van der Waals surface area contributed by atoms with E-state index in [0.717, 1.165) is 43.0 Å². The van der Waals surface area contributed by atoms with Crippen molar-refractivity contribution in [3.63, 3.8) is 0 Å². The molecular weight excluding hydrogens is 266 g/mol. The number of Topliss-reactive ketones (excluding diaryl/α,β-unsaturated/α-hetero) is 1. The molecule has 3 rings (SSSR count). The summed E-state index contributed by atoms with van der Waals surface area (Å²) in [6.45, 7) is 0.822. The van der Waals surface area contributed by atoms with E-state index < -0.39 is 0 Å². The normalized spacial score (nSPS) is 19.0. The summed E-state index contributed by atoms with van der Waals surface area (Å²) in [4.78, 5) is 16.2. The van der Waals surface area contributed by atoms with E-state index in [1.54, 1.807) is 14.2 Å². The van der Waals surface area contributed by atoms with Gasteiger partial charge in [-0.15, -0.1) is 0 Å². The van der Waals surface area contributed by atoms with Crippen molar-refractivity contribution in [3.05, 3.63) is 23.3 Å². The number of aliphatic imine (C=N–C) groups is 1. The molecule has 2 aliphatic rings. The summed E-state index contributed by atoms with van der Waals surface area (Å²) in [5.74, 6) is 2.31. The number of methoxy groups -OCH3 is 2. The third kappa shape index (κ3) is 2.67. The van der Waals surface area contributed by atoms with Crippen LogP contribution in [0.4, 0.5) is 0 Å². The second-order valence-electron chi connectivity index (χ2n) is 5.69. The van der Waals surface area contributed by atoms with E-state index in [9.17, 15) is 4.79 Å². The lowest BCUT2D eigenvalue weighted by Gasteiger charge is -2.27. The molecule has 0 bridgehead atoms. The van der Waals surface area contributed by atoms with Crippen LogP contribution in [0, 0.1) is 5.92 Å². The molecule has 1 saturated carbocycles. The molecule has 0 saturated heterocycles. The van der Waals surface area contributed by atoms with Crippen molar-refractivity contribution < 1.29 is 14.3 Å². The van der Waals surface area contributed by atoms with Crippen LogP contribution in [0.2, 0.25) is 0 Å². The van der Waals surface area contributed by atoms with E-state index in [4.69, 9.17) is 14.5 Å². The van der Waals surface area contributed by atoms with E-state index in [1.807, 2.05) is 6.07 Å². The van der Waals surface area contributed by atoms with Gasteiger partial charge in [0.2, 0.25) is 0 Å². The predicted molar refractivity (Wildman–Crippen MR) is 81.6 cm³/mol. The zero-order chi connectivity index (χ0) is 14.8. The highest BCUT2D eigenvalue weighted by Gasteiger charge is 2.28. The first kappa shape index (κ1) is 14.1. The molecule has 1 aromatic rings. The monoisotopic (exact) mass is 287 g/mol. The first-order valence-corrected chi connectivity index (χ1v) is 7.54. The number of carbonyl (C=O) groups is 1. The zero-order valence-electron chi connectivity index (χ0n) is 12.6. The standard InChI is InChI=1S/C17H21NO3/c1-20-15-9-12-7-8-18-17(14(12)10-16(15)21-2)11-3-5-13(19)6-4-11/h9-11H,3-8H2,1-2H3. The van der Waals surface area contributed by atoms with Gasteiger partial charge in [0.05, 0.1) is 14.2 Å². The summed E-state index contributed by atoms with van der Waals surface area (Å²) in [5, 5.41) is 0. The SMILES string of the molecule is COc1cc2c(cc1OC)C(C1CCC(=O)CC1)=NCC2. The Balaban J connectivity index is 1.95. The average Bonchev–Trinajstić information content (AvgIpc) is 2.53. The summed E-state index contributed by atoms with van der Waals surface area (Å²) >= 11 is 0. The van der Waals surface area contributed by atoms with Crippen molar-refractivity contribution in [2.24, 2.45) is 10.9 Å². The topological polar surface area (TPSA) is 47.9 Å². The minimum Gasteiger partial charge on any atom is -0.493 e. The fourth-order valence-corrected chi connectivity index (χ4v) is 3.31. The maximum absolute atomic E-state index is 11.4. The largest absolute Gasteiger partial charge is 0.493 e. The molecule has 1 aliphatic heterocycles. The van der Waals surface area contributed by atoms with Gasteiger partial charge in [0.1, 0.15) is 5.78 Å². The van der Waals surface area contributed by atoms with Gasteiger partial charge in [-0.05, 0) is 37.0 Å². The summed E-state index contributed by atoms with van der Waals surface area (Å²) in [7, 11) is 3.32. The highest BCUT2D eigenvalue weighted by molar-refractivity contribution is 6.05. The number of benzene rings is 1. The Morgan fingerprint density at radius 1 is 1.05 bits per heavy atom. The van der Waals surface area contributed by atoms with Crippen LogP contribution in [-0.4, -0.2) is 32.3 Å². The molecule has 1 aliphatic carbocycles. The maximum atomic E-state index is 11.4. The van der Waals surface area contributed by atoms with Gasteiger partial charge in [-0.25, -0.2) is 0 Å². The molecule has 0 radical (unpaired) electrons. The second kappa shape index (κ2) is 5.88. The summed E-state index contributed by atoms with van der Waals surface area (Å²) < 4.78 is 10.8. The first-order valence-electron chi connectivity index (χ1n) is 7.54. The second-order valence-corrected chi connectivity index (χ2v) is 5.69. The highest BCUT2D eigenvalue weighted by atomic mass is 16.5. The van der Waals surface area contributed by atoms with Gasteiger partial charge in [-0.3, -0.25) is 9.79 Å². The lowest BCUT2D eigenvalue weighted by molar-refractivity contribution is -0.120. The van der Waals surface area contributed by atoms with Crippen molar-refractivity contribution >= 4 is 11.5 Å². The quantitative estimate of drug-likeness (QED) is 0.859. The number of rotatable bonds is 3. The van der Waals surface area contributed by atoms with Crippen molar-refractivity contribution in [2.75, 3.05) is 20.8 Å². The number of ether oxygens (including phenoxy) is 2. The van der Waals surface area contributed by atoms with Gasteiger partial charge >= 0.3 is 0 Å². The van der Waals surface area contributed by atoms with Crippen molar-refractivity contribution in [2.45, 2.75) is 32.1 Å². The van der Waals surface area contributed by atoms with Crippen LogP contribution in [0.3, 0.4) is 0 Å². The van der Waals surface area contributed by atoms with Crippen LogP contribution in [-0.2, 0) is 11.2 Å². The number of hydrogen-bond acceptors (Lipinski definition) is 4. The first-order chi connectivity index (χ1) is 10.2. The Bertz CT molecular complexity index is 582. The van der Waals surface area contributed by atoms with Crippen molar-refractivity contribution in [1.29, 1.82) is 0 Å². The zero-order valence-corrected chi connectivity index (χ0v) is 12.6. The number of nitrogens with zero attached hydrogens (tertiary/aromatic N) is 1. The van der Waals surface area contributed by atoms with Gasteiger partial charge in [0.15, 0.2) is 11.5 Å². The molecule has 4 nitrogen and oxygen atoms in total. The number of carbonyl (C=O) groups excluding carboxylic acids is 1. The molecular formula is C17H21NO3. The Hall–Kier alpha value is -1.84. The smallest absolute Gasteiger partial charge is 0.161 e. The Morgan fingerprint density at radius 3 is 2.38 bits per heavy atom. The lowest BCUT2D eigenvalue weighted by Crippen LogP contribution is -2.26. The molecule has 0 atom stereocenters. The molecule has 0 N–H and O–H groups in total. The minimum atomic E-state index is 0.384. The van der Waals surface area contributed by atoms with Crippen LogP contribution >= 0.6 is 0 Å². The Morgan fingerprint density at radius 2 is 1.71 bits per heavy atom. The van der Waals surface area contributed by atoms with Crippen LogP contribution < -0.4 is 9.47 Å². The molecule has 0 aromatic heterocycles. The molecule has 0 amide bonds. The molecule has 0 spiro atoms. The third-order valence-corrected chi connectivity index (χ3v) is 4.48. The van der Waals surface area contributed by atoms with Gasteiger partial charge < -0.3 is 9.47 Å². The summed E-state index contributed by atoms with van der Waals surface area (Å²) in [5.41, 5.74) is 3.61. The fourth-order valence-electron chi connectivity index (χ4n) is 3.31. The summed E-state index contributed by atoms with van der Waals surface area (Å²) in [6, 6.07) is 4.11. The van der Waals surface area contributed by atoms with E-state index in [0.29, 0.717) is 24.5 Å². The maximum Gasteiger partial charge on any atom is 0.161 e. The lowest BCUT2D eigenvalue weighted by atomic mass is 9.80. The van der Waals surface area contributed by atoms with Crippen molar-refractivity contribution in [3.8, 4) is 11.5 Å². The van der Waals surface area contributed by atoms with Crippen LogP contribution in [0.5, 0.6) is 11.5 Å². The number of fused-ring (bicyclic) bond motifs is 1. The molecule has 1 fully saturated rings. The molecule has 1 aromatic carbocycles. The van der Waals surface area contributed by atoms with Crippen molar-refractivity contribution in [1.82, 2.24) is 0 Å². The van der Waals surface area contributed by atoms with Gasteiger partial charge in [-0.2, -0.15) is 0 Å². The summed E-state index contributed by atoms with van der Waals surface area (Å²) in [6.07, 6.45) is 4.15. The van der Waals surface area contributed by atoms with Crippen LogP contribution in [0.1, 0.15) is 36.8 Å². The Labute approximate surface area is 125 Å². The third-order valence-electron chi connectivity index (χ3n) is 4.48. The molecule has 112 valence electrons. The van der Waals surface area contributed by atoms with E-state index in [1.165, 1.54) is 11.1 Å². The fraction of sp³-hybridized carbons (Fsp3) is 0.529. The highest BCUT2D eigenvalue weighted by Crippen LogP contribution is 2.36. The van der Waals surface area contributed by atoms with E-state index in [2.05, 4.69) is 6.07 Å². The molecule has 4 heteroatoms. The molecule has 21 heavy (non-hydrogen) atoms. The predicted octanol–water partition coefficient (Wildman–Crippen LogP) is 2.81. The van der Waals surface area contributed by atoms with Gasteiger partial charge in [-0.1, -0.05) is 0 Å². The van der Waals surface area contributed by atoms with Crippen LogP contribution in [0.25, 0.3) is 0 Å². The van der Waals surface area contributed by atoms with Gasteiger partial charge in [0.25, 0.3) is 0 Å². The molecule has 1 heterocycles. The average molecular weight is 287 g/mol. The number of hydrogen-bond donors (Lipinski definition) is 0. The Kier molecular flexibility index (Phi) is 3.95.